The Labute approximate surface area is 291 Å². The molecule has 0 radical (unpaired) electrons. The third kappa shape index (κ3) is 5.06. The van der Waals surface area contributed by atoms with Gasteiger partial charge in [-0.2, -0.15) is 0 Å². The average Bonchev–Trinajstić information content (AvgIpc) is 3.63. The van der Waals surface area contributed by atoms with Gasteiger partial charge < -0.3 is 19.1 Å². The van der Waals surface area contributed by atoms with Crippen LogP contribution in [0, 0.1) is 0 Å². The van der Waals surface area contributed by atoms with Crippen molar-refractivity contribution in [1.29, 1.82) is 0 Å². The Morgan fingerprint density at radius 2 is 0.979 bits per heavy atom. The molecule has 4 aromatic rings. The zero-order valence-corrected chi connectivity index (χ0v) is 28.3. The summed E-state index contributed by atoms with van der Waals surface area (Å²) in [6, 6.07) is 25.4. The van der Waals surface area contributed by atoms with Gasteiger partial charge in [-0.05, 0) is 78.9 Å². The Bertz CT molecular complexity index is 1750. The van der Waals surface area contributed by atoms with E-state index in [9.17, 15) is 0 Å². The zero-order valence-electron chi connectivity index (χ0n) is 25.3. The molecule has 0 unspecified atom stereocenters. The number of carbonyl (C=O) groups excluding carboxylic acids is 1. The molecule has 1 aliphatic carbocycles. The molecule has 2 aliphatic heterocycles. The van der Waals surface area contributed by atoms with Crippen molar-refractivity contribution in [1.82, 2.24) is 0 Å². The lowest BCUT2D eigenvalue weighted by Crippen LogP contribution is -2.61. The minimum absolute atomic E-state index is 0.304. The van der Waals surface area contributed by atoms with E-state index in [1.165, 1.54) is 0 Å². The molecule has 0 saturated heterocycles. The fourth-order valence-electron chi connectivity index (χ4n) is 7.15. The molecule has 0 bridgehead atoms. The zero-order chi connectivity index (χ0) is 32.9. The monoisotopic (exact) mass is 708 g/mol. The number of halogens is 4. The molecule has 2 spiro atoms. The minimum Gasteiger partial charge on any atom is -0.497 e. The van der Waals surface area contributed by atoms with Gasteiger partial charge in [-0.15, -0.1) is 0 Å². The van der Waals surface area contributed by atoms with E-state index in [1.807, 2.05) is 48.5 Å². The maximum atomic E-state index is 15.5. The summed E-state index contributed by atoms with van der Waals surface area (Å²) < 4.78 is 10.9. The largest absolute Gasteiger partial charge is 0.497 e. The number of hydrogen-bond acceptors (Lipinski definition) is 7. The quantitative estimate of drug-likeness (QED) is 0.199. The molecule has 47 heavy (non-hydrogen) atoms. The molecular formula is C36H28Cl4N2O5. The third-order valence-electron chi connectivity index (χ3n) is 9.29. The maximum absolute atomic E-state index is 15.5. The summed E-state index contributed by atoms with van der Waals surface area (Å²) in [6.07, 6.45) is 1.28. The highest BCUT2D eigenvalue weighted by Gasteiger charge is 2.69. The van der Waals surface area contributed by atoms with Crippen molar-refractivity contribution in [2.45, 2.75) is 42.3 Å². The van der Waals surface area contributed by atoms with Crippen LogP contribution in [0.1, 0.15) is 53.4 Å². The van der Waals surface area contributed by atoms with Crippen LogP contribution in [-0.4, -0.2) is 42.6 Å². The second-order valence-corrected chi connectivity index (χ2v) is 13.3. The molecule has 0 amide bonds. The lowest BCUT2D eigenvalue weighted by atomic mass is 9.60. The standard InChI is InChI=1S/C36H28Cl4N2O5/c1-44-22-14-10-20(11-15-22)30-32(28-24(37)6-3-7-25(28)38)41-46-35(30)18-5-19-36(34(35)43)31(21-12-16-23(45-2)17-13-21)33(42-47-36)29-26(39)8-4-9-27(29)40/h3-4,6-17,30-31H,5,18-19H2,1-2H3/t30-,31-,35-,36-/m0/s1. The highest BCUT2D eigenvalue weighted by Crippen LogP contribution is 2.57. The molecule has 7 nitrogen and oxygen atoms in total. The average molecular weight is 710 g/mol. The van der Waals surface area contributed by atoms with Crippen molar-refractivity contribution >= 4 is 63.6 Å². The first kappa shape index (κ1) is 31.8. The Balaban J connectivity index is 1.40. The van der Waals surface area contributed by atoms with Crippen LogP contribution in [0.4, 0.5) is 0 Å². The molecule has 1 saturated carbocycles. The van der Waals surface area contributed by atoms with Gasteiger partial charge in [0.1, 0.15) is 22.9 Å². The molecule has 4 atom stereocenters. The van der Waals surface area contributed by atoms with Gasteiger partial charge in [-0.1, -0.05) is 93.1 Å². The summed E-state index contributed by atoms with van der Waals surface area (Å²) in [5, 5.41) is 10.7. The van der Waals surface area contributed by atoms with E-state index in [0.717, 1.165) is 11.1 Å². The van der Waals surface area contributed by atoms with E-state index in [1.54, 1.807) is 50.6 Å². The summed E-state index contributed by atoms with van der Waals surface area (Å²) in [6.45, 7) is 0. The highest BCUT2D eigenvalue weighted by molar-refractivity contribution is 6.42. The normalized spacial score (nSPS) is 24.9. The van der Waals surface area contributed by atoms with Gasteiger partial charge in [0.15, 0.2) is 0 Å². The van der Waals surface area contributed by atoms with Gasteiger partial charge in [0.2, 0.25) is 17.0 Å². The van der Waals surface area contributed by atoms with Gasteiger partial charge in [0.25, 0.3) is 0 Å². The van der Waals surface area contributed by atoms with Crippen LogP contribution >= 0.6 is 46.4 Å². The molecule has 0 N–H and O–H groups in total. The number of oxime groups is 2. The summed E-state index contributed by atoms with van der Waals surface area (Å²) >= 11 is 26.9. The highest BCUT2D eigenvalue weighted by atomic mass is 35.5. The van der Waals surface area contributed by atoms with Crippen LogP contribution in [-0.2, 0) is 14.5 Å². The number of rotatable bonds is 6. The SMILES string of the molecule is COc1ccc([C@H]2C(c3c(Cl)cccc3Cl)=NO[C@@]23CCC[C@@]2(ON=C(c4c(Cl)cccc4Cl)[C@@H]2c2ccc(OC)cc2)C3=O)cc1. The van der Waals surface area contributed by atoms with Crippen LogP contribution < -0.4 is 9.47 Å². The maximum Gasteiger partial charge on any atom is 0.227 e. The number of carbonyl (C=O) groups is 1. The van der Waals surface area contributed by atoms with E-state index >= 15 is 4.79 Å². The number of methoxy groups -OCH3 is 2. The first-order valence-corrected chi connectivity index (χ1v) is 16.5. The van der Waals surface area contributed by atoms with E-state index in [4.69, 9.17) is 65.6 Å². The predicted molar refractivity (Wildman–Crippen MR) is 184 cm³/mol. The lowest BCUT2D eigenvalue weighted by Gasteiger charge is -2.44. The van der Waals surface area contributed by atoms with Gasteiger partial charge >= 0.3 is 0 Å². The molecule has 240 valence electrons. The van der Waals surface area contributed by atoms with Gasteiger partial charge in [0.05, 0.1) is 46.1 Å². The topological polar surface area (TPSA) is 78.7 Å². The second kappa shape index (κ2) is 12.4. The van der Waals surface area contributed by atoms with Crippen LogP contribution in [0.15, 0.2) is 95.2 Å². The van der Waals surface area contributed by atoms with E-state index in [2.05, 4.69) is 10.3 Å². The van der Waals surface area contributed by atoms with Crippen molar-refractivity contribution in [2.75, 3.05) is 14.2 Å². The Hall–Kier alpha value is -3.75. The first-order valence-electron chi connectivity index (χ1n) is 15.0. The molecule has 7 rings (SSSR count). The molecule has 1 fully saturated rings. The number of hydrogen-bond donors (Lipinski definition) is 0. The van der Waals surface area contributed by atoms with Crippen molar-refractivity contribution in [2.24, 2.45) is 10.3 Å². The Kier molecular flexibility index (Phi) is 8.37. The van der Waals surface area contributed by atoms with Gasteiger partial charge in [-0.25, -0.2) is 0 Å². The van der Waals surface area contributed by atoms with Crippen molar-refractivity contribution in [3.05, 3.63) is 127 Å². The van der Waals surface area contributed by atoms with Gasteiger partial charge in [-0.3, -0.25) is 4.79 Å². The van der Waals surface area contributed by atoms with E-state index < -0.39 is 23.0 Å². The van der Waals surface area contributed by atoms with Crippen molar-refractivity contribution in [3.63, 3.8) is 0 Å². The number of ketones is 1. The Morgan fingerprint density at radius 3 is 1.32 bits per heavy atom. The van der Waals surface area contributed by atoms with Crippen LogP contribution in [0.5, 0.6) is 11.5 Å². The van der Waals surface area contributed by atoms with E-state index in [-0.39, 0.29) is 5.78 Å². The first-order chi connectivity index (χ1) is 22.7. The number of ether oxygens (including phenoxy) is 2. The van der Waals surface area contributed by atoms with Gasteiger partial charge in [0, 0.05) is 11.1 Å². The summed E-state index contributed by atoms with van der Waals surface area (Å²) in [5.74, 6) is -0.361. The predicted octanol–water partition coefficient (Wildman–Crippen LogP) is 9.28. The lowest BCUT2D eigenvalue weighted by molar-refractivity contribution is -0.177. The number of nitrogens with zero attached hydrogens (tertiary/aromatic N) is 2. The molecule has 11 heteroatoms. The summed E-state index contributed by atoms with van der Waals surface area (Å²) in [4.78, 5) is 28.3. The molecule has 2 heterocycles. The van der Waals surface area contributed by atoms with Crippen molar-refractivity contribution in [3.8, 4) is 11.5 Å². The molecular weight excluding hydrogens is 682 g/mol. The van der Waals surface area contributed by atoms with E-state index in [0.29, 0.717) is 73.4 Å². The third-order valence-corrected chi connectivity index (χ3v) is 10.6. The van der Waals surface area contributed by atoms with Crippen LogP contribution in [0.3, 0.4) is 0 Å². The fourth-order valence-corrected chi connectivity index (χ4v) is 8.33. The fraction of sp³-hybridized carbons (Fsp3) is 0.250. The van der Waals surface area contributed by atoms with Crippen molar-refractivity contribution < 1.29 is 23.9 Å². The molecule has 3 aliphatic rings. The van der Waals surface area contributed by atoms with Crippen LogP contribution in [0.2, 0.25) is 20.1 Å². The van der Waals surface area contributed by atoms with Crippen LogP contribution in [0.25, 0.3) is 0 Å². The Morgan fingerprint density at radius 1 is 0.617 bits per heavy atom. The molecule has 0 aromatic heterocycles. The number of benzene rings is 4. The smallest absolute Gasteiger partial charge is 0.227 e. The molecule has 4 aromatic carbocycles. The number of Topliss-reactive ketones (excluding diaryl/α,β-unsaturated/α-hetero) is 1. The minimum atomic E-state index is -1.48. The second-order valence-electron chi connectivity index (χ2n) is 11.7. The summed E-state index contributed by atoms with van der Waals surface area (Å²) in [5.41, 5.74) is 0.487. The summed E-state index contributed by atoms with van der Waals surface area (Å²) in [7, 11) is 3.19.